The number of unbranched alkanes of at least 4 members (excludes halogenated alkanes) is 1. The van der Waals surface area contributed by atoms with E-state index in [1.54, 1.807) is 18.9 Å². The quantitative estimate of drug-likeness (QED) is 0.140. The second-order valence-electron chi connectivity index (χ2n) is 10.2. The number of imidazole rings is 1. The number of nitrogens with zero attached hydrogens (tertiary/aromatic N) is 5. The van der Waals surface area contributed by atoms with Gasteiger partial charge in [-0.1, -0.05) is 36.4 Å². The molecule has 0 saturated carbocycles. The number of aromatic nitrogens is 4. The van der Waals surface area contributed by atoms with E-state index >= 15 is 0 Å². The highest BCUT2D eigenvalue weighted by Crippen LogP contribution is 2.41. The second kappa shape index (κ2) is 13.3. The van der Waals surface area contributed by atoms with Crippen molar-refractivity contribution in [2.75, 3.05) is 37.5 Å². The number of aliphatic hydroxyl groups excluding tert-OH is 3. The van der Waals surface area contributed by atoms with Crippen LogP contribution in [0.5, 0.6) is 5.75 Å². The molecular formula is C30H36N6O7. The van der Waals surface area contributed by atoms with Gasteiger partial charge in [-0.15, -0.1) is 0 Å². The Morgan fingerprint density at radius 3 is 2.60 bits per heavy atom. The Morgan fingerprint density at radius 2 is 1.88 bits per heavy atom. The van der Waals surface area contributed by atoms with Crippen LogP contribution in [0.1, 0.15) is 32.4 Å². The smallest absolute Gasteiger partial charge is 0.305 e. The van der Waals surface area contributed by atoms with E-state index in [1.165, 1.54) is 10.9 Å². The first-order valence-electron chi connectivity index (χ1n) is 14.2. The van der Waals surface area contributed by atoms with Crippen molar-refractivity contribution in [1.82, 2.24) is 19.5 Å². The highest BCUT2D eigenvalue weighted by atomic mass is 16.6. The lowest BCUT2D eigenvalue weighted by atomic mass is 10.0. The van der Waals surface area contributed by atoms with Crippen molar-refractivity contribution in [3.63, 3.8) is 0 Å². The van der Waals surface area contributed by atoms with Gasteiger partial charge >= 0.3 is 5.97 Å². The predicted molar refractivity (Wildman–Crippen MR) is 159 cm³/mol. The number of nitrogen functional groups attached to an aromatic ring is 1. The van der Waals surface area contributed by atoms with E-state index in [2.05, 4.69) is 9.97 Å². The van der Waals surface area contributed by atoms with Gasteiger partial charge in [0.15, 0.2) is 23.2 Å². The molecule has 2 aromatic carbocycles. The molecule has 4 atom stereocenters. The minimum Gasteiger partial charge on any atom is -0.491 e. The topological polar surface area (TPSA) is 178 Å². The zero-order valence-corrected chi connectivity index (χ0v) is 24.0. The lowest BCUT2D eigenvalue weighted by Crippen LogP contribution is -2.33. The maximum Gasteiger partial charge on any atom is 0.305 e. The maximum absolute atomic E-state index is 11.7. The van der Waals surface area contributed by atoms with Crippen LogP contribution in [0.3, 0.4) is 0 Å². The van der Waals surface area contributed by atoms with Crippen LogP contribution in [-0.2, 0) is 14.3 Å². The van der Waals surface area contributed by atoms with Crippen LogP contribution in [0, 0.1) is 0 Å². The van der Waals surface area contributed by atoms with Crippen molar-refractivity contribution in [3.8, 4) is 16.9 Å². The Bertz CT molecular complexity index is 1550. The minimum absolute atomic E-state index is 0.127. The van der Waals surface area contributed by atoms with E-state index in [0.29, 0.717) is 43.9 Å². The third-order valence-electron chi connectivity index (χ3n) is 7.32. The average molecular weight is 593 g/mol. The summed E-state index contributed by atoms with van der Waals surface area (Å²) >= 11 is 0. The summed E-state index contributed by atoms with van der Waals surface area (Å²) < 4.78 is 18.7. The summed E-state index contributed by atoms with van der Waals surface area (Å²) in [5.41, 5.74) is 9.29. The van der Waals surface area contributed by atoms with Crippen LogP contribution >= 0.6 is 0 Å². The van der Waals surface area contributed by atoms with Gasteiger partial charge in [0.1, 0.15) is 30.4 Å². The number of ether oxygens (including phenoxy) is 3. The van der Waals surface area contributed by atoms with Gasteiger partial charge in [0.2, 0.25) is 5.95 Å². The molecule has 0 bridgehead atoms. The summed E-state index contributed by atoms with van der Waals surface area (Å²) in [6.07, 6.45) is -2.01. The summed E-state index contributed by atoms with van der Waals surface area (Å²) in [4.78, 5) is 26.6. The fraction of sp³-hybridized carbons (Fsp3) is 0.400. The number of hydrogen-bond donors (Lipinski definition) is 4. The van der Waals surface area contributed by atoms with E-state index in [0.717, 1.165) is 11.1 Å². The third-order valence-corrected chi connectivity index (χ3v) is 7.32. The molecule has 228 valence electrons. The zero-order valence-electron chi connectivity index (χ0n) is 24.0. The number of fused-ring (bicyclic) bond motifs is 1. The number of carbonyl (C=O) groups is 1. The monoisotopic (exact) mass is 592 g/mol. The summed E-state index contributed by atoms with van der Waals surface area (Å²) in [5.74, 6) is 0.734. The first-order valence-corrected chi connectivity index (χ1v) is 14.2. The molecule has 0 amide bonds. The fourth-order valence-electron chi connectivity index (χ4n) is 5.09. The number of anilines is 3. The largest absolute Gasteiger partial charge is 0.491 e. The molecule has 0 spiro atoms. The summed E-state index contributed by atoms with van der Waals surface area (Å²) in [5, 5.41) is 31.1. The molecule has 43 heavy (non-hydrogen) atoms. The lowest BCUT2D eigenvalue weighted by Gasteiger charge is -2.26. The van der Waals surface area contributed by atoms with Gasteiger partial charge in [0, 0.05) is 13.5 Å². The molecular weight excluding hydrogens is 556 g/mol. The molecule has 1 aliphatic rings. The molecule has 13 nitrogen and oxygen atoms in total. The van der Waals surface area contributed by atoms with E-state index in [4.69, 9.17) is 24.9 Å². The van der Waals surface area contributed by atoms with Crippen molar-refractivity contribution >= 4 is 34.6 Å². The summed E-state index contributed by atoms with van der Waals surface area (Å²) in [7, 11) is 1.77. The van der Waals surface area contributed by atoms with E-state index in [1.807, 2.05) is 48.5 Å². The third kappa shape index (κ3) is 6.25. The van der Waals surface area contributed by atoms with Gasteiger partial charge in [-0.3, -0.25) is 9.36 Å². The second-order valence-corrected chi connectivity index (χ2v) is 10.2. The van der Waals surface area contributed by atoms with Crippen molar-refractivity contribution in [2.24, 2.45) is 0 Å². The molecule has 0 radical (unpaired) electrons. The predicted octanol–water partition coefficient (Wildman–Crippen LogP) is 2.57. The zero-order chi connectivity index (χ0) is 30.5. The van der Waals surface area contributed by atoms with Crippen LogP contribution in [0.4, 0.5) is 17.5 Å². The van der Waals surface area contributed by atoms with Crippen LogP contribution < -0.4 is 15.4 Å². The maximum atomic E-state index is 11.7. The van der Waals surface area contributed by atoms with Crippen molar-refractivity contribution in [3.05, 3.63) is 54.9 Å². The number of rotatable bonds is 12. The minimum atomic E-state index is -1.38. The Balaban J connectivity index is 1.52. The van der Waals surface area contributed by atoms with Crippen LogP contribution in [0.25, 0.3) is 22.3 Å². The molecule has 0 aliphatic carbocycles. The van der Waals surface area contributed by atoms with E-state index in [-0.39, 0.29) is 28.9 Å². The van der Waals surface area contributed by atoms with Gasteiger partial charge in [-0.05, 0) is 43.0 Å². The Kier molecular flexibility index (Phi) is 9.36. The average Bonchev–Trinajstić information content (AvgIpc) is 3.54. The molecule has 4 aromatic rings. The van der Waals surface area contributed by atoms with Crippen molar-refractivity contribution in [1.29, 1.82) is 0 Å². The standard InChI is InChI=1S/C30H36N6O7/c1-3-41-23(38)11-7-8-14-42-21-15-19(18-9-5-4-6-10-18)12-13-20(21)35(2)30-34-24-27(31)32-17-33-28(24)36(30)29-26(40)25(39)22(16-37)43-29/h4-6,9-10,12-13,15,17,22,25-26,29,37,39-40H,3,7-8,11,14,16H2,1-2H3,(H2,31,32,33)/t22-,25-,26-,29-/m1/s1. The Labute approximate surface area is 248 Å². The molecule has 13 heteroatoms. The normalized spacial score (nSPS) is 19.9. The molecule has 5 N–H and O–H groups in total. The van der Waals surface area contributed by atoms with Crippen LogP contribution in [-0.4, -0.2) is 86.0 Å². The summed E-state index contributed by atoms with van der Waals surface area (Å²) in [6.45, 7) is 1.99. The molecule has 1 aliphatic heterocycles. The van der Waals surface area contributed by atoms with Gasteiger partial charge < -0.3 is 40.2 Å². The number of nitrogens with two attached hydrogens (primary N) is 1. The molecule has 5 rings (SSSR count). The van der Waals surface area contributed by atoms with E-state index in [9.17, 15) is 20.1 Å². The van der Waals surface area contributed by atoms with Gasteiger partial charge in [-0.2, -0.15) is 0 Å². The molecule has 0 unspecified atom stereocenters. The van der Waals surface area contributed by atoms with Crippen molar-refractivity contribution < 1.29 is 34.3 Å². The number of aliphatic hydroxyl groups is 3. The lowest BCUT2D eigenvalue weighted by molar-refractivity contribution is -0.143. The highest BCUT2D eigenvalue weighted by molar-refractivity contribution is 5.85. The Hall–Kier alpha value is -4.30. The van der Waals surface area contributed by atoms with Crippen molar-refractivity contribution in [2.45, 2.75) is 50.7 Å². The Morgan fingerprint density at radius 1 is 1.09 bits per heavy atom. The van der Waals surface area contributed by atoms with Gasteiger partial charge in [-0.25, -0.2) is 15.0 Å². The summed E-state index contributed by atoms with van der Waals surface area (Å²) in [6, 6.07) is 15.7. The number of hydrogen-bond acceptors (Lipinski definition) is 12. The molecule has 2 aromatic heterocycles. The van der Waals surface area contributed by atoms with E-state index < -0.39 is 31.1 Å². The molecule has 3 heterocycles. The molecule has 1 saturated heterocycles. The van der Waals surface area contributed by atoms with Crippen LogP contribution in [0.15, 0.2) is 54.9 Å². The highest BCUT2D eigenvalue weighted by Gasteiger charge is 2.45. The first kappa shape index (κ1) is 30.2. The first-order chi connectivity index (χ1) is 20.8. The SMILES string of the molecule is CCOC(=O)CCCCOc1cc(-c2ccccc2)ccc1N(C)c1nc2c(N)ncnc2n1[C@@H]1O[C@H](CO)[C@@H](O)[C@H]1O. The number of benzene rings is 2. The number of esters is 1. The van der Waals surface area contributed by atoms with Gasteiger partial charge in [0.05, 0.1) is 25.5 Å². The molecule has 1 fully saturated rings. The fourth-order valence-corrected chi connectivity index (χ4v) is 5.09. The number of carbonyl (C=O) groups excluding carboxylic acids is 1. The van der Waals surface area contributed by atoms with Crippen LogP contribution in [0.2, 0.25) is 0 Å². The van der Waals surface area contributed by atoms with Gasteiger partial charge in [0.25, 0.3) is 0 Å².